The molecule has 0 radical (unpaired) electrons. The van der Waals surface area contributed by atoms with Crippen molar-refractivity contribution in [3.63, 3.8) is 0 Å². The largest absolute Gasteiger partial charge is 0.507 e. The highest BCUT2D eigenvalue weighted by Gasteiger charge is 2.35. The molecule has 39 heavy (non-hydrogen) atoms. The number of hydrogen-bond donors (Lipinski definition) is 2. The number of aromatic nitrogens is 4. The van der Waals surface area contributed by atoms with Crippen LogP contribution < -0.4 is 15.9 Å². The first-order chi connectivity index (χ1) is 18.5. The van der Waals surface area contributed by atoms with E-state index < -0.39 is 53.3 Å². The van der Waals surface area contributed by atoms with Crippen LogP contribution in [-0.2, 0) is 0 Å². The van der Waals surface area contributed by atoms with Crippen molar-refractivity contribution >= 4 is 16.9 Å². The van der Waals surface area contributed by atoms with E-state index in [1.165, 1.54) is 17.0 Å². The Bertz CT molecular complexity index is 1620. The molecule has 2 N–H and O–H groups in total. The summed E-state index contributed by atoms with van der Waals surface area (Å²) in [6.45, 7) is 4.44. The topological polar surface area (TPSA) is 96.2 Å². The van der Waals surface area contributed by atoms with Crippen LogP contribution in [0.4, 0.5) is 23.4 Å². The molecule has 204 valence electrons. The third-order valence-electron chi connectivity index (χ3n) is 6.62. The minimum atomic E-state index is -3.14. The molecule has 1 aliphatic heterocycles. The van der Waals surface area contributed by atoms with Crippen molar-refractivity contribution in [2.75, 3.05) is 31.1 Å². The number of phenols is 1. The zero-order chi connectivity index (χ0) is 28.1. The summed E-state index contributed by atoms with van der Waals surface area (Å²) in [5.74, 6) is -5.96. The number of benzene rings is 1. The summed E-state index contributed by atoms with van der Waals surface area (Å²) in [5, 5.41) is 13.0. The van der Waals surface area contributed by atoms with Gasteiger partial charge in [-0.3, -0.25) is 4.98 Å². The van der Waals surface area contributed by atoms with Crippen molar-refractivity contribution in [1.29, 1.82) is 0 Å². The highest BCUT2D eigenvalue weighted by atomic mass is 19.3. The molecule has 0 spiro atoms. The highest BCUT2D eigenvalue weighted by Crippen LogP contribution is 2.36. The summed E-state index contributed by atoms with van der Waals surface area (Å²) >= 11 is 0. The fraction of sp³-hybridized carbons (Fsp3) is 0.333. The minimum Gasteiger partial charge on any atom is -0.507 e. The van der Waals surface area contributed by atoms with Crippen LogP contribution in [0, 0.1) is 18.6 Å². The molecular formula is C27H26F4N6O2. The number of phenolic OH excluding ortho intramolecular Hbond substituents is 1. The van der Waals surface area contributed by atoms with E-state index in [9.17, 15) is 23.1 Å². The van der Waals surface area contributed by atoms with E-state index in [-0.39, 0.29) is 35.9 Å². The smallest absolute Gasteiger partial charge is 0.355 e. The molecular weight excluding hydrogens is 516 g/mol. The van der Waals surface area contributed by atoms with Crippen LogP contribution in [0.5, 0.6) is 5.75 Å². The zero-order valence-electron chi connectivity index (χ0n) is 21.5. The highest BCUT2D eigenvalue weighted by molar-refractivity contribution is 5.91. The first-order valence-corrected chi connectivity index (χ1v) is 12.4. The second-order valence-electron chi connectivity index (χ2n) is 9.85. The number of pyridine rings is 2. The average molecular weight is 543 g/mol. The number of anilines is 1. The van der Waals surface area contributed by atoms with Crippen molar-refractivity contribution < 1.29 is 22.7 Å². The van der Waals surface area contributed by atoms with Crippen molar-refractivity contribution in [2.24, 2.45) is 0 Å². The number of aryl methyl sites for hydroxylation is 1. The van der Waals surface area contributed by atoms with Crippen molar-refractivity contribution in [3.8, 4) is 22.7 Å². The number of fused-ring (bicyclic) bond motifs is 1. The second-order valence-corrected chi connectivity index (χ2v) is 9.85. The van der Waals surface area contributed by atoms with E-state index >= 15 is 4.39 Å². The Balaban J connectivity index is 1.90. The number of hydrogen-bond acceptors (Lipinski definition) is 7. The maximum atomic E-state index is 15.6. The molecule has 3 aromatic heterocycles. The van der Waals surface area contributed by atoms with Gasteiger partial charge >= 0.3 is 5.69 Å². The molecule has 0 saturated carbocycles. The van der Waals surface area contributed by atoms with Gasteiger partial charge in [-0.1, -0.05) is 19.9 Å². The first kappa shape index (κ1) is 26.5. The Morgan fingerprint density at radius 1 is 1.13 bits per heavy atom. The molecule has 0 aliphatic carbocycles. The summed E-state index contributed by atoms with van der Waals surface area (Å²) < 4.78 is 60.6. The normalized spacial score (nSPS) is 15.6. The third-order valence-corrected chi connectivity index (χ3v) is 6.62. The van der Waals surface area contributed by atoms with Gasteiger partial charge in [0.1, 0.15) is 23.1 Å². The van der Waals surface area contributed by atoms with Crippen LogP contribution in [0.3, 0.4) is 0 Å². The lowest BCUT2D eigenvalue weighted by molar-refractivity contribution is 0.0156. The molecule has 8 nitrogen and oxygen atoms in total. The molecule has 0 amide bonds. The van der Waals surface area contributed by atoms with Crippen LogP contribution >= 0.6 is 0 Å². The SMILES string of the molecule is Cc1ccnc(C(C)C)c1-n1c(=O)nc(N2CCNCC(F)(F)C2)c2cc(F)c(-c3c(O)cccc3F)nc21. The summed E-state index contributed by atoms with van der Waals surface area (Å²) in [5.41, 5.74) is -0.502. The molecule has 0 bridgehead atoms. The van der Waals surface area contributed by atoms with E-state index in [0.29, 0.717) is 16.9 Å². The quantitative estimate of drug-likeness (QED) is 0.371. The van der Waals surface area contributed by atoms with Gasteiger partial charge in [-0.2, -0.15) is 4.98 Å². The average Bonchev–Trinajstić information content (AvgIpc) is 3.04. The number of nitrogens with zero attached hydrogens (tertiary/aromatic N) is 5. The lowest BCUT2D eigenvalue weighted by Gasteiger charge is -2.26. The number of halogens is 4. The van der Waals surface area contributed by atoms with Crippen LogP contribution in [0.1, 0.15) is 31.0 Å². The first-order valence-electron chi connectivity index (χ1n) is 12.4. The molecule has 1 aromatic carbocycles. The number of alkyl halides is 2. The zero-order valence-corrected chi connectivity index (χ0v) is 21.5. The van der Waals surface area contributed by atoms with Gasteiger partial charge in [-0.25, -0.2) is 31.9 Å². The number of aromatic hydroxyl groups is 1. The minimum absolute atomic E-state index is 0.0256. The standard InChI is InChI=1S/C27H26F4N6O2/c1-14(2)21-23(15(3)7-8-33-21)37-25-16(11-18(29)22(34-25)20-17(28)5-4-6-19(20)38)24(35-26(37)39)36-10-9-32-12-27(30,31)13-36/h4-8,11,14,32,38H,9-10,12-13H2,1-3H3. The van der Waals surface area contributed by atoms with E-state index in [1.54, 1.807) is 19.2 Å². The molecule has 1 fully saturated rings. The molecule has 4 heterocycles. The van der Waals surface area contributed by atoms with E-state index in [4.69, 9.17) is 0 Å². The Hall–Kier alpha value is -4.06. The summed E-state index contributed by atoms with van der Waals surface area (Å²) in [4.78, 5) is 27.8. The number of rotatable bonds is 4. The van der Waals surface area contributed by atoms with Gasteiger partial charge in [0.2, 0.25) is 0 Å². The van der Waals surface area contributed by atoms with Crippen LogP contribution in [-0.4, -0.2) is 56.7 Å². The lowest BCUT2D eigenvalue weighted by atomic mass is 10.0. The van der Waals surface area contributed by atoms with Gasteiger partial charge in [-0.05, 0) is 42.7 Å². The molecule has 4 aromatic rings. The Morgan fingerprint density at radius 3 is 2.62 bits per heavy atom. The summed E-state index contributed by atoms with van der Waals surface area (Å²) in [6, 6.07) is 6.15. The van der Waals surface area contributed by atoms with Gasteiger partial charge in [-0.15, -0.1) is 0 Å². The molecule has 1 saturated heterocycles. The van der Waals surface area contributed by atoms with Crippen molar-refractivity contribution in [1.82, 2.24) is 24.8 Å². The summed E-state index contributed by atoms with van der Waals surface area (Å²) in [7, 11) is 0. The van der Waals surface area contributed by atoms with E-state index in [0.717, 1.165) is 16.7 Å². The van der Waals surface area contributed by atoms with Gasteiger partial charge < -0.3 is 15.3 Å². The fourth-order valence-electron chi connectivity index (χ4n) is 4.84. The fourth-order valence-corrected chi connectivity index (χ4v) is 4.84. The predicted octanol–water partition coefficient (Wildman–Crippen LogP) is 4.30. The van der Waals surface area contributed by atoms with E-state index in [1.807, 2.05) is 13.8 Å². The molecule has 0 atom stereocenters. The summed E-state index contributed by atoms with van der Waals surface area (Å²) in [6.07, 6.45) is 1.59. The van der Waals surface area contributed by atoms with Gasteiger partial charge in [0, 0.05) is 19.3 Å². The van der Waals surface area contributed by atoms with Crippen molar-refractivity contribution in [2.45, 2.75) is 32.6 Å². The van der Waals surface area contributed by atoms with Gasteiger partial charge in [0.15, 0.2) is 11.5 Å². The number of nitrogens with one attached hydrogen (secondary N) is 1. The van der Waals surface area contributed by atoms with E-state index in [2.05, 4.69) is 20.3 Å². The maximum Gasteiger partial charge on any atom is 0.355 e. The maximum absolute atomic E-state index is 15.6. The molecule has 0 unspecified atom stereocenters. The predicted molar refractivity (Wildman–Crippen MR) is 139 cm³/mol. The second kappa shape index (κ2) is 9.92. The Kier molecular flexibility index (Phi) is 6.75. The monoisotopic (exact) mass is 542 g/mol. The molecule has 5 rings (SSSR count). The van der Waals surface area contributed by atoms with Crippen molar-refractivity contribution in [3.05, 3.63) is 69.9 Å². The van der Waals surface area contributed by atoms with Gasteiger partial charge in [0.25, 0.3) is 5.92 Å². The molecule has 1 aliphatic rings. The Labute approximate surface area is 221 Å². The molecule has 12 heteroatoms. The van der Waals surface area contributed by atoms with Gasteiger partial charge in [0.05, 0.1) is 35.4 Å². The van der Waals surface area contributed by atoms with Crippen LogP contribution in [0.2, 0.25) is 0 Å². The lowest BCUT2D eigenvalue weighted by Crippen LogP contribution is -2.40. The van der Waals surface area contributed by atoms with Crippen LogP contribution in [0.15, 0.2) is 41.3 Å². The van der Waals surface area contributed by atoms with Crippen LogP contribution in [0.25, 0.3) is 28.0 Å². The Morgan fingerprint density at radius 2 is 1.90 bits per heavy atom. The third kappa shape index (κ3) is 4.80.